The van der Waals surface area contributed by atoms with E-state index < -0.39 is 10.8 Å². The van der Waals surface area contributed by atoms with Crippen molar-refractivity contribution in [2.75, 3.05) is 5.32 Å². The number of nitriles is 1. The monoisotopic (exact) mass is 390 g/mol. The van der Waals surface area contributed by atoms with Crippen molar-refractivity contribution in [3.05, 3.63) is 80.0 Å². The van der Waals surface area contributed by atoms with Crippen LogP contribution in [0.25, 0.3) is 0 Å². The number of nitrogens with one attached hydrogen (secondary N) is 2. The Kier molecular flexibility index (Phi) is 6.55. The second-order valence-electron chi connectivity index (χ2n) is 5.06. The first-order valence-corrected chi connectivity index (χ1v) is 7.99. The molecule has 2 rings (SSSR count). The third-order valence-electron chi connectivity index (χ3n) is 3.22. The highest BCUT2D eigenvalue weighted by molar-refractivity contribution is 6.34. The lowest BCUT2D eigenvalue weighted by atomic mass is 10.2. The van der Waals surface area contributed by atoms with E-state index >= 15 is 0 Å². The Morgan fingerprint density at radius 3 is 2.69 bits per heavy atom. The molecule has 0 fully saturated rings. The van der Waals surface area contributed by atoms with Gasteiger partial charge in [-0.25, -0.2) is 0 Å². The highest BCUT2D eigenvalue weighted by Gasteiger charge is 2.14. The molecule has 0 saturated carbocycles. The van der Waals surface area contributed by atoms with Crippen molar-refractivity contribution in [1.82, 2.24) is 5.32 Å². The van der Waals surface area contributed by atoms with Gasteiger partial charge in [-0.3, -0.25) is 14.9 Å². The largest absolute Gasteiger partial charge is 0.386 e. The van der Waals surface area contributed by atoms with Gasteiger partial charge in [-0.2, -0.15) is 5.26 Å². The summed E-state index contributed by atoms with van der Waals surface area (Å²) < 4.78 is 0. The molecule has 1 amide bonds. The summed E-state index contributed by atoms with van der Waals surface area (Å²) in [4.78, 5) is 22.4. The predicted molar refractivity (Wildman–Crippen MR) is 98.7 cm³/mol. The number of benzene rings is 2. The van der Waals surface area contributed by atoms with Crippen molar-refractivity contribution in [2.45, 2.75) is 6.54 Å². The average Bonchev–Trinajstić information content (AvgIpc) is 2.60. The van der Waals surface area contributed by atoms with Crippen LogP contribution in [-0.4, -0.2) is 10.8 Å². The summed E-state index contributed by atoms with van der Waals surface area (Å²) in [5, 5.41) is 25.9. The maximum Gasteiger partial charge on any atom is 0.271 e. The topological polar surface area (TPSA) is 108 Å². The summed E-state index contributed by atoms with van der Waals surface area (Å²) in [7, 11) is 0. The number of carbonyl (C=O) groups excluding carboxylic acids is 1. The smallest absolute Gasteiger partial charge is 0.271 e. The van der Waals surface area contributed by atoms with Gasteiger partial charge in [0.15, 0.2) is 0 Å². The van der Waals surface area contributed by atoms with Crippen LogP contribution in [0, 0.1) is 21.4 Å². The number of hydrogen-bond acceptors (Lipinski definition) is 5. The lowest BCUT2D eigenvalue weighted by molar-refractivity contribution is -0.384. The van der Waals surface area contributed by atoms with Crippen LogP contribution in [0.15, 0.2) is 54.2 Å². The van der Waals surface area contributed by atoms with Gasteiger partial charge in [0.05, 0.1) is 15.6 Å². The lowest BCUT2D eigenvalue weighted by Gasteiger charge is -2.07. The molecular formula is C17H12Cl2N4O3. The van der Waals surface area contributed by atoms with Gasteiger partial charge in [0.25, 0.3) is 11.6 Å². The highest BCUT2D eigenvalue weighted by Crippen LogP contribution is 2.27. The van der Waals surface area contributed by atoms with Crippen LogP contribution >= 0.6 is 23.2 Å². The minimum absolute atomic E-state index is 0.0434. The second kappa shape index (κ2) is 8.85. The fourth-order valence-corrected chi connectivity index (χ4v) is 2.36. The van der Waals surface area contributed by atoms with E-state index in [4.69, 9.17) is 28.5 Å². The molecule has 0 radical (unpaired) electrons. The first kappa shape index (κ1) is 19.2. The van der Waals surface area contributed by atoms with Crippen molar-refractivity contribution in [1.29, 1.82) is 5.26 Å². The fraction of sp³-hybridized carbons (Fsp3) is 0.0588. The predicted octanol–water partition coefficient (Wildman–Crippen LogP) is 4.04. The van der Waals surface area contributed by atoms with Gasteiger partial charge in [0, 0.05) is 29.9 Å². The normalized spacial score (nSPS) is 10.7. The SMILES string of the molecule is N#C/C(=C/NCc1cccc(Cl)c1)C(=O)Nc1cc([N+](=O)[O-])ccc1Cl. The number of nitrogens with zero attached hydrogens (tertiary/aromatic N) is 2. The van der Waals surface area contributed by atoms with Crippen LogP contribution in [0.5, 0.6) is 0 Å². The van der Waals surface area contributed by atoms with Crippen LogP contribution in [0.2, 0.25) is 10.0 Å². The summed E-state index contributed by atoms with van der Waals surface area (Å²) in [5.41, 5.74) is 0.468. The molecule has 2 aromatic rings. The molecule has 0 heterocycles. The maximum absolute atomic E-state index is 12.2. The molecule has 0 atom stereocenters. The number of rotatable bonds is 6. The number of amides is 1. The summed E-state index contributed by atoms with van der Waals surface area (Å²) in [6, 6.07) is 12.5. The molecule has 0 aliphatic heterocycles. The third kappa shape index (κ3) is 5.21. The molecule has 2 aromatic carbocycles. The third-order valence-corrected chi connectivity index (χ3v) is 3.78. The zero-order chi connectivity index (χ0) is 19.1. The first-order valence-electron chi connectivity index (χ1n) is 7.24. The number of anilines is 1. The van der Waals surface area contributed by atoms with Crippen LogP contribution in [-0.2, 0) is 11.3 Å². The van der Waals surface area contributed by atoms with Crippen molar-refractivity contribution in [2.24, 2.45) is 0 Å². The van der Waals surface area contributed by atoms with E-state index in [1.807, 2.05) is 6.07 Å². The standard InChI is InChI=1S/C17H12Cl2N4O3/c18-13-3-1-2-11(6-13)9-21-10-12(8-20)17(24)22-16-7-14(23(25)26)4-5-15(16)19/h1-7,10,21H,9H2,(H,22,24)/b12-10-. The second-order valence-corrected chi connectivity index (χ2v) is 5.90. The first-order chi connectivity index (χ1) is 12.4. The molecule has 0 aliphatic rings. The molecule has 9 heteroatoms. The summed E-state index contributed by atoms with van der Waals surface area (Å²) in [6.45, 7) is 0.358. The number of halogens is 2. The zero-order valence-corrected chi connectivity index (χ0v) is 14.7. The van der Waals surface area contributed by atoms with Crippen LogP contribution in [0.1, 0.15) is 5.56 Å². The van der Waals surface area contributed by atoms with Crippen molar-refractivity contribution < 1.29 is 9.72 Å². The number of non-ortho nitro benzene ring substituents is 1. The molecule has 0 bridgehead atoms. The number of hydrogen-bond donors (Lipinski definition) is 2. The molecule has 26 heavy (non-hydrogen) atoms. The molecule has 0 spiro atoms. The van der Waals surface area contributed by atoms with Gasteiger partial charge in [-0.1, -0.05) is 35.3 Å². The minimum Gasteiger partial charge on any atom is -0.386 e. The van der Waals surface area contributed by atoms with E-state index in [1.54, 1.807) is 24.3 Å². The average molecular weight is 391 g/mol. The maximum atomic E-state index is 12.2. The van der Waals surface area contributed by atoms with Gasteiger partial charge in [0.1, 0.15) is 11.6 Å². The number of nitro benzene ring substituents is 1. The molecule has 7 nitrogen and oxygen atoms in total. The molecule has 0 saturated heterocycles. The Hall–Kier alpha value is -3.08. The Bertz CT molecular complexity index is 922. The number of nitro groups is 1. The van der Waals surface area contributed by atoms with E-state index in [9.17, 15) is 14.9 Å². The van der Waals surface area contributed by atoms with Gasteiger partial charge < -0.3 is 10.6 Å². The fourth-order valence-electron chi connectivity index (χ4n) is 1.98. The van der Waals surface area contributed by atoms with Gasteiger partial charge in [0.2, 0.25) is 0 Å². The molecule has 0 aromatic heterocycles. The molecule has 132 valence electrons. The van der Waals surface area contributed by atoms with Gasteiger partial charge in [-0.05, 0) is 23.8 Å². The zero-order valence-electron chi connectivity index (χ0n) is 13.2. The molecular weight excluding hydrogens is 379 g/mol. The number of carbonyl (C=O) groups is 1. The highest BCUT2D eigenvalue weighted by atomic mass is 35.5. The minimum atomic E-state index is -0.742. The van der Waals surface area contributed by atoms with Gasteiger partial charge >= 0.3 is 0 Å². The van der Waals surface area contributed by atoms with E-state index in [2.05, 4.69) is 10.6 Å². The Labute approximate surface area is 159 Å². The lowest BCUT2D eigenvalue weighted by Crippen LogP contribution is -2.17. The molecule has 0 unspecified atom stereocenters. The van der Waals surface area contributed by atoms with Crippen molar-refractivity contribution in [3.8, 4) is 6.07 Å². The van der Waals surface area contributed by atoms with Crippen LogP contribution in [0.4, 0.5) is 11.4 Å². The Morgan fingerprint density at radius 1 is 1.27 bits per heavy atom. The van der Waals surface area contributed by atoms with E-state index in [0.29, 0.717) is 11.6 Å². The van der Waals surface area contributed by atoms with Crippen LogP contribution < -0.4 is 10.6 Å². The van der Waals surface area contributed by atoms with E-state index in [1.165, 1.54) is 18.3 Å². The van der Waals surface area contributed by atoms with E-state index in [0.717, 1.165) is 11.6 Å². The quantitative estimate of drug-likeness (QED) is 0.334. The van der Waals surface area contributed by atoms with Gasteiger partial charge in [-0.15, -0.1) is 0 Å². The summed E-state index contributed by atoms with van der Waals surface area (Å²) >= 11 is 11.8. The van der Waals surface area contributed by atoms with Crippen molar-refractivity contribution in [3.63, 3.8) is 0 Å². The summed E-state index contributed by atoms with van der Waals surface area (Å²) in [6.07, 6.45) is 1.25. The Morgan fingerprint density at radius 2 is 2.04 bits per heavy atom. The summed E-state index contributed by atoms with van der Waals surface area (Å²) in [5.74, 6) is -0.742. The molecule has 2 N–H and O–H groups in total. The van der Waals surface area contributed by atoms with Crippen LogP contribution in [0.3, 0.4) is 0 Å². The Balaban J connectivity index is 2.08. The molecule has 0 aliphatic carbocycles. The van der Waals surface area contributed by atoms with Crippen molar-refractivity contribution >= 4 is 40.5 Å². The van der Waals surface area contributed by atoms with E-state index in [-0.39, 0.29) is 22.0 Å².